The van der Waals surface area contributed by atoms with E-state index in [9.17, 15) is 18.0 Å². The fourth-order valence-electron chi connectivity index (χ4n) is 1.95. The molecule has 2 rings (SSSR count). The van der Waals surface area contributed by atoms with Crippen molar-refractivity contribution in [1.29, 1.82) is 0 Å². The van der Waals surface area contributed by atoms with Crippen LogP contribution in [0.2, 0.25) is 0 Å². The smallest absolute Gasteiger partial charge is 0.416 e. The average Bonchev–Trinajstić information content (AvgIpc) is 2.54. The van der Waals surface area contributed by atoms with Crippen LogP contribution >= 0.6 is 0 Å². The number of anilines is 2. The van der Waals surface area contributed by atoms with Crippen molar-refractivity contribution in [2.75, 3.05) is 24.9 Å². The summed E-state index contributed by atoms with van der Waals surface area (Å²) in [4.78, 5) is 11.9. The number of halogens is 3. The molecule has 2 aromatic rings. The van der Waals surface area contributed by atoms with Crippen LogP contribution in [0.4, 0.5) is 29.3 Å². The molecule has 0 aliphatic carbocycles. The Bertz CT molecular complexity index is 715. The molecule has 24 heavy (non-hydrogen) atoms. The van der Waals surface area contributed by atoms with Gasteiger partial charge in [-0.1, -0.05) is 0 Å². The minimum atomic E-state index is -4.42. The van der Waals surface area contributed by atoms with Crippen LogP contribution in [0.25, 0.3) is 0 Å². The normalized spacial score (nSPS) is 10.9. The van der Waals surface area contributed by atoms with E-state index < -0.39 is 17.8 Å². The molecule has 0 spiro atoms. The molecule has 5 nitrogen and oxygen atoms in total. The highest BCUT2D eigenvalue weighted by Crippen LogP contribution is 2.31. The molecule has 0 aliphatic rings. The minimum absolute atomic E-state index is 0.237. The first-order valence-corrected chi connectivity index (χ1v) is 6.81. The van der Waals surface area contributed by atoms with Gasteiger partial charge in [0.05, 0.1) is 19.8 Å². The van der Waals surface area contributed by atoms with E-state index in [4.69, 9.17) is 9.47 Å². The number of urea groups is 1. The van der Waals surface area contributed by atoms with Crippen molar-refractivity contribution in [2.45, 2.75) is 6.18 Å². The molecule has 0 bridgehead atoms. The molecule has 2 aromatic carbocycles. The highest BCUT2D eigenvalue weighted by Gasteiger charge is 2.29. The van der Waals surface area contributed by atoms with Gasteiger partial charge in [0.15, 0.2) is 11.5 Å². The Labute approximate surface area is 136 Å². The molecule has 2 N–H and O–H groups in total. The number of hydrogen-bond donors (Lipinski definition) is 2. The molecule has 0 aliphatic heterocycles. The zero-order chi connectivity index (χ0) is 17.7. The third-order valence-corrected chi connectivity index (χ3v) is 3.11. The van der Waals surface area contributed by atoms with Crippen molar-refractivity contribution in [3.63, 3.8) is 0 Å². The Morgan fingerprint density at radius 1 is 0.875 bits per heavy atom. The van der Waals surface area contributed by atoms with Crippen molar-refractivity contribution in [3.05, 3.63) is 48.0 Å². The number of nitrogens with one attached hydrogen (secondary N) is 2. The summed E-state index contributed by atoms with van der Waals surface area (Å²) < 4.78 is 47.6. The van der Waals surface area contributed by atoms with Crippen LogP contribution in [0.3, 0.4) is 0 Å². The first kappa shape index (κ1) is 17.5. The molecule has 0 heterocycles. The maximum absolute atomic E-state index is 12.5. The maximum atomic E-state index is 12.5. The molecule has 0 aromatic heterocycles. The topological polar surface area (TPSA) is 59.6 Å². The molecule has 2 amide bonds. The number of ether oxygens (including phenoxy) is 2. The van der Waals surface area contributed by atoms with Crippen molar-refractivity contribution in [3.8, 4) is 11.5 Å². The first-order chi connectivity index (χ1) is 11.3. The SMILES string of the molecule is COc1ccc(NC(=O)Nc2ccc(C(F)(F)F)cc2)cc1OC. The molecule has 0 saturated carbocycles. The maximum Gasteiger partial charge on any atom is 0.416 e. The number of amides is 2. The fraction of sp³-hybridized carbons (Fsp3) is 0.188. The predicted octanol–water partition coefficient (Wildman–Crippen LogP) is 4.37. The van der Waals surface area contributed by atoms with Crippen LogP contribution in [-0.4, -0.2) is 20.3 Å². The molecule has 0 atom stereocenters. The number of rotatable bonds is 4. The van der Waals surface area contributed by atoms with Gasteiger partial charge in [0, 0.05) is 17.4 Å². The Hall–Kier alpha value is -2.90. The Balaban J connectivity index is 2.03. The van der Waals surface area contributed by atoms with Gasteiger partial charge in [0.25, 0.3) is 0 Å². The zero-order valence-corrected chi connectivity index (χ0v) is 12.9. The molecule has 128 valence electrons. The summed E-state index contributed by atoms with van der Waals surface area (Å²) in [7, 11) is 2.95. The van der Waals surface area contributed by atoms with Gasteiger partial charge in [0.2, 0.25) is 0 Å². The largest absolute Gasteiger partial charge is 0.493 e. The summed E-state index contributed by atoms with van der Waals surface area (Å²) in [5.41, 5.74) is -0.105. The van der Waals surface area contributed by atoms with Gasteiger partial charge in [-0.3, -0.25) is 0 Å². The summed E-state index contributed by atoms with van der Waals surface area (Å²) in [5, 5.41) is 5.00. The van der Waals surface area contributed by atoms with E-state index in [0.29, 0.717) is 17.2 Å². The van der Waals surface area contributed by atoms with E-state index in [2.05, 4.69) is 10.6 Å². The average molecular weight is 340 g/mol. The van der Waals surface area contributed by atoms with E-state index in [0.717, 1.165) is 12.1 Å². The molecule has 0 saturated heterocycles. The third-order valence-electron chi connectivity index (χ3n) is 3.11. The lowest BCUT2D eigenvalue weighted by molar-refractivity contribution is -0.137. The fourth-order valence-corrected chi connectivity index (χ4v) is 1.95. The Morgan fingerprint density at radius 2 is 1.42 bits per heavy atom. The molecular weight excluding hydrogens is 325 g/mol. The van der Waals surface area contributed by atoms with E-state index in [-0.39, 0.29) is 5.69 Å². The Kier molecular flexibility index (Phi) is 5.18. The van der Waals surface area contributed by atoms with Gasteiger partial charge in [-0.25, -0.2) is 4.79 Å². The summed E-state index contributed by atoms with van der Waals surface area (Å²) in [5.74, 6) is 0.941. The standard InChI is InChI=1S/C16H15F3N2O3/c1-23-13-8-7-12(9-14(13)24-2)21-15(22)20-11-5-3-10(4-6-11)16(17,18)19/h3-9H,1-2H3,(H2,20,21,22). The molecular formula is C16H15F3N2O3. The monoisotopic (exact) mass is 340 g/mol. The number of carbonyl (C=O) groups excluding carboxylic acids is 1. The number of carbonyl (C=O) groups is 1. The highest BCUT2D eigenvalue weighted by molar-refractivity contribution is 5.99. The van der Waals surface area contributed by atoms with Crippen LogP contribution in [0.15, 0.2) is 42.5 Å². The van der Waals surface area contributed by atoms with Crippen LogP contribution in [0.5, 0.6) is 11.5 Å². The molecule has 8 heteroatoms. The van der Waals surface area contributed by atoms with Gasteiger partial charge < -0.3 is 20.1 Å². The Morgan fingerprint density at radius 3 is 1.96 bits per heavy atom. The highest BCUT2D eigenvalue weighted by atomic mass is 19.4. The van der Waals surface area contributed by atoms with Gasteiger partial charge in [-0.05, 0) is 36.4 Å². The van der Waals surface area contributed by atoms with Crippen LogP contribution in [0.1, 0.15) is 5.56 Å². The summed E-state index contributed by atoms with van der Waals surface area (Å²) >= 11 is 0. The summed E-state index contributed by atoms with van der Waals surface area (Å²) in [6.45, 7) is 0. The van der Waals surface area contributed by atoms with Gasteiger partial charge in [0.1, 0.15) is 0 Å². The number of alkyl halides is 3. The van der Waals surface area contributed by atoms with E-state index >= 15 is 0 Å². The van der Waals surface area contributed by atoms with Crippen LogP contribution in [0, 0.1) is 0 Å². The third kappa shape index (κ3) is 4.31. The zero-order valence-electron chi connectivity index (χ0n) is 12.9. The predicted molar refractivity (Wildman–Crippen MR) is 83.6 cm³/mol. The van der Waals surface area contributed by atoms with Crippen LogP contribution in [-0.2, 0) is 6.18 Å². The quantitative estimate of drug-likeness (QED) is 0.869. The first-order valence-electron chi connectivity index (χ1n) is 6.81. The van der Waals surface area contributed by atoms with Crippen molar-refractivity contribution < 1.29 is 27.4 Å². The van der Waals surface area contributed by atoms with E-state index in [1.807, 2.05) is 0 Å². The molecule has 0 unspecified atom stereocenters. The number of methoxy groups -OCH3 is 2. The second-order valence-electron chi connectivity index (χ2n) is 4.72. The van der Waals surface area contributed by atoms with Gasteiger partial charge in [-0.2, -0.15) is 13.2 Å². The van der Waals surface area contributed by atoms with Crippen LogP contribution < -0.4 is 20.1 Å². The van der Waals surface area contributed by atoms with E-state index in [1.54, 1.807) is 18.2 Å². The lowest BCUT2D eigenvalue weighted by Gasteiger charge is -2.12. The number of benzene rings is 2. The molecule has 0 radical (unpaired) electrons. The van der Waals surface area contributed by atoms with Gasteiger partial charge in [-0.15, -0.1) is 0 Å². The van der Waals surface area contributed by atoms with Gasteiger partial charge >= 0.3 is 12.2 Å². The lowest BCUT2D eigenvalue weighted by atomic mass is 10.2. The summed E-state index contributed by atoms with van der Waals surface area (Å²) in [6, 6.07) is 8.33. The van der Waals surface area contributed by atoms with Crippen molar-refractivity contribution in [2.24, 2.45) is 0 Å². The lowest BCUT2D eigenvalue weighted by Crippen LogP contribution is -2.19. The second-order valence-corrected chi connectivity index (χ2v) is 4.72. The van der Waals surface area contributed by atoms with Crippen molar-refractivity contribution in [1.82, 2.24) is 0 Å². The minimum Gasteiger partial charge on any atom is -0.493 e. The van der Waals surface area contributed by atoms with E-state index in [1.165, 1.54) is 26.4 Å². The van der Waals surface area contributed by atoms with Crippen molar-refractivity contribution >= 4 is 17.4 Å². The number of hydrogen-bond acceptors (Lipinski definition) is 3. The summed E-state index contributed by atoms with van der Waals surface area (Å²) in [6.07, 6.45) is -4.42. The molecule has 0 fully saturated rings. The second kappa shape index (κ2) is 7.12.